The number of benzene rings is 1. The summed E-state index contributed by atoms with van der Waals surface area (Å²) in [6.45, 7) is 3.89. The molecule has 0 saturated carbocycles. The van der Waals surface area contributed by atoms with Gasteiger partial charge in [0, 0.05) is 33.7 Å². The molecule has 0 atom stereocenters. The number of halogens is 1. The summed E-state index contributed by atoms with van der Waals surface area (Å²) in [5.74, 6) is -0.0793. The van der Waals surface area contributed by atoms with Crippen LogP contribution in [-0.4, -0.2) is 20.7 Å². The van der Waals surface area contributed by atoms with Gasteiger partial charge in [-0.05, 0) is 26.0 Å². The number of nitrogens with zero attached hydrogens (tertiary/aromatic N) is 3. The average Bonchev–Trinajstić information content (AvgIpc) is 3.08. The Bertz CT molecular complexity index is 900. The maximum absolute atomic E-state index is 12.3. The van der Waals surface area contributed by atoms with E-state index in [1.165, 1.54) is 11.3 Å². The van der Waals surface area contributed by atoms with E-state index < -0.39 is 0 Å². The SMILES string of the molecule is Cc1nn(C)c(C)c1CC(=O)Nc1nc(-c2cccc(Br)c2)cs1. The van der Waals surface area contributed by atoms with Crippen LogP contribution >= 0.6 is 27.3 Å². The highest BCUT2D eigenvalue weighted by atomic mass is 79.9. The van der Waals surface area contributed by atoms with E-state index >= 15 is 0 Å². The maximum Gasteiger partial charge on any atom is 0.230 e. The van der Waals surface area contributed by atoms with Gasteiger partial charge in [0.25, 0.3) is 0 Å². The number of hydrogen-bond acceptors (Lipinski definition) is 4. The third kappa shape index (κ3) is 3.57. The van der Waals surface area contributed by atoms with E-state index in [4.69, 9.17) is 0 Å². The van der Waals surface area contributed by atoms with Gasteiger partial charge >= 0.3 is 0 Å². The molecule has 0 aliphatic carbocycles. The van der Waals surface area contributed by atoms with Gasteiger partial charge in [-0.1, -0.05) is 28.1 Å². The van der Waals surface area contributed by atoms with Gasteiger partial charge < -0.3 is 5.32 Å². The van der Waals surface area contributed by atoms with Crippen molar-refractivity contribution >= 4 is 38.3 Å². The molecule has 0 radical (unpaired) electrons. The molecule has 124 valence electrons. The van der Waals surface area contributed by atoms with Gasteiger partial charge in [-0.15, -0.1) is 11.3 Å². The van der Waals surface area contributed by atoms with Crippen molar-refractivity contribution in [2.24, 2.45) is 7.05 Å². The van der Waals surface area contributed by atoms with Crippen LogP contribution in [0.25, 0.3) is 11.3 Å². The van der Waals surface area contributed by atoms with E-state index in [1.807, 2.05) is 50.5 Å². The summed E-state index contributed by atoms with van der Waals surface area (Å²) in [5.41, 5.74) is 4.74. The molecule has 5 nitrogen and oxygen atoms in total. The lowest BCUT2D eigenvalue weighted by Crippen LogP contribution is -2.15. The number of carbonyl (C=O) groups is 1. The summed E-state index contributed by atoms with van der Waals surface area (Å²) in [4.78, 5) is 16.8. The summed E-state index contributed by atoms with van der Waals surface area (Å²) in [6, 6.07) is 7.93. The number of carbonyl (C=O) groups excluding carboxylic acids is 1. The predicted octanol–water partition coefficient (Wildman–Crippen LogP) is 4.10. The van der Waals surface area contributed by atoms with Crippen LogP contribution in [0.2, 0.25) is 0 Å². The standard InChI is InChI=1S/C17H17BrN4OS/c1-10-14(11(2)22(3)21-10)8-16(23)20-17-19-15(9-24-17)12-5-4-6-13(18)7-12/h4-7,9H,8H2,1-3H3,(H,19,20,23). The number of aromatic nitrogens is 3. The molecule has 1 amide bonds. The molecule has 0 fully saturated rings. The van der Waals surface area contributed by atoms with Gasteiger partial charge in [0.2, 0.25) is 5.91 Å². The Balaban J connectivity index is 1.71. The van der Waals surface area contributed by atoms with Crippen LogP contribution in [0.3, 0.4) is 0 Å². The first-order chi connectivity index (χ1) is 11.4. The summed E-state index contributed by atoms with van der Waals surface area (Å²) in [5, 5.41) is 9.77. The number of rotatable bonds is 4. The van der Waals surface area contributed by atoms with E-state index in [-0.39, 0.29) is 5.91 Å². The molecule has 0 bridgehead atoms. The molecule has 0 aliphatic rings. The fourth-order valence-corrected chi connectivity index (χ4v) is 3.64. The molecule has 0 saturated heterocycles. The number of aryl methyl sites for hydroxylation is 2. The molecule has 0 aliphatic heterocycles. The Hall–Kier alpha value is -1.99. The lowest BCUT2D eigenvalue weighted by Gasteiger charge is -2.03. The van der Waals surface area contributed by atoms with Gasteiger partial charge in [0.05, 0.1) is 17.8 Å². The molecule has 2 heterocycles. The number of nitrogens with one attached hydrogen (secondary N) is 1. The molecule has 3 rings (SSSR count). The smallest absolute Gasteiger partial charge is 0.230 e. The number of anilines is 1. The van der Waals surface area contributed by atoms with Crippen molar-refractivity contribution in [3.05, 3.63) is 51.1 Å². The first kappa shape index (κ1) is 16.9. The summed E-state index contributed by atoms with van der Waals surface area (Å²) >= 11 is 4.88. The molecule has 7 heteroatoms. The fraction of sp³-hybridized carbons (Fsp3) is 0.235. The van der Waals surface area contributed by atoms with E-state index in [0.717, 1.165) is 32.7 Å². The molecule has 3 aromatic rings. The van der Waals surface area contributed by atoms with Crippen LogP contribution in [0.1, 0.15) is 17.0 Å². The minimum Gasteiger partial charge on any atom is -0.302 e. The van der Waals surface area contributed by atoms with Gasteiger partial charge in [-0.2, -0.15) is 5.10 Å². The average molecular weight is 405 g/mol. The zero-order chi connectivity index (χ0) is 17.3. The van der Waals surface area contributed by atoms with Crippen LogP contribution in [0, 0.1) is 13.8 Å². The van der Waals surface area contributed by atoms with E-state index in [2.05, 4.69) is 31.3 Å². The van der Waals surface area contributed by atoms with Crippen LogP contribution in [0.15, 0.2) is 34.1 Å². The molecule has 1 N–H and O–H groups in total. The minimum atomic E-state index is -0.0793. The van der Waals surface area contributed by atoms with Crippen LogP contribution in [-0.2, 0) is 18.3 Å². The van der Waals surface area contributed by atoms with Crippen molar-refractivity contribution in [3.63, 3.8) is 0 Å². The highest BCUT2D eigenvalue weighted by molar-refractivity contribution is 9.10. The third-order valence-corrected chi connectivity index (χ3v) is 5.12. The lowest BCUT2D eigenvalue weighted by atomic mass is 10.1. The third-order valence-electron chi connectivity index (χ3n) is 3.87. The Morgan fingerprint density at radius 3 is 2.83 bits per heavy atom. The second kappa shape index (κ2) is 6.86. The van der Waals surface area contributed by atoms with Crippen molar-refractivity contribution in [1.82, 2.24) is 14.8 Å². The topological polar surface area (TPSA) is 59.8 Å². The number of thiazole rings is 1. The monoisotopic (exact) mass is 404 g/mol. The first-order valence-corrected chi connectivity index (χ1v) is 9.11. The summed E-state index contributed by atoms with van der Waals surface area (Å²) < 4.78 is 2.80. The number of hydrogen-bond donors (Lipinski definition) is 1. The first-order valence-electron chi connectivity index (χ1n) is 7.44. The molecule has 0 unspecified atom stereocenters. The van der Waals surface area contributed by atoms with Gasteiger partial charge in [0.1, 0.15) is 0 Å². The van der Waals surface area contributed by atoms with E-state index in [9.17, 15) is 4.79 Å². The van der Waals surface area contributed by atoms with E-state index in [1.54, 1.807) is 4.68 Å². The van der Waals surface area contributed by atoms with Gasteiger partial charge in [-0.3, -0.25) is 9.48 Å². The normalized spacial score (nSPS) is 10.8. The Kier molecular flexibility index (Phi) is 4.82. The second-order valence-corrected chi connectivity index (χ2v) is 7.32. The van der Waals surface area contributed by atoms with Crippen molar-refractivity contribution < 1.29 is 4.79 Å². The molecule has 1 aromatic carbocycles. The van der Waals surface area contributed by atoms with Crippen molar-refractivity contribution in [2.75, 3.05) is 5.32 Å². The second-order valence-electron chi connectivity index (χ2n) is 5.55. The molecule has 0 spiro atoms. The summed E-state index contributed by atoms with van der Waals surface area (Å²) in [7, 11) is 1.88. The predicted molar refractivity (Wildman–Crippen MR) is 100 cm³/mol. The van der Waals surface area contributed by atoms with Crippen molar-refractivity contribution in [2.45, 2.75) is 20.3 Å². The number of amides is 1. The van der Waals surface area contributed by atoms with Crippen LogP contribution < -0.4 is 5.32 Å². The van der Waals surface area contributed by atoms with Gasteiger partial charge in [-0.25, -0.2) is 4.98 Å². The Morgan fingerprint density at radius 1 is 1.38 bits per heavy atom. The lowest BCUT2D eigenvalue weighted by molar-refractivity contribution is -0.115. The quantitative estimate of drug-likeness (QED) is 0.711. The maximum atomic E-state index is 12.3. The Labute approximate surface area is 152 Å². The fourth-order valence-electron chi connectivity index (χ4n) is 2.51. The highest BCUT2D eigenvalue weighted by Crippen LogP contribution is 2.27. The van der Waals surface area contributed by atoms with Crippen molar-refractivity contribution in [1.29, 1.82) is 0 Å². The molecular formula is C17H17BrN4OS. The zero-order valence-electron chi connectivity index (χ0n) is 13.6. The Morgan fingerprint density at radius 2 is 2.17 bits per heavy atom. The summed E-state index contributed by atoms with van der Waals surface area (Å²) in [6.07, 6.45) is 0.303. The highest BCUT2D eigenvalue weighted by Gasteiger charge is 2.15. The van der Waals surface area contributed by atoms with Crippen LogP contribution in [0.5, 0.6) is 0 Å². The molecule has 24 heavy (non-hydrogen) atoms. The van der Waals surface area contributed by atoms with E-state index in [0.29, 0.717) is 11.6 Å². The van der Waals surface area contributed by atoms with Gasteiger partial charge in [0.15, 0.2) is 5.13 Å². The zero-order valence-corrected chi connectivity index (χ0v) is 16.0. The molecular weight excluding hydrogens is 388 g/mol. The van der Waals surface area contributed by atoms with Crippen LogP contribution in [0.4, 0.5) is 5.13 Å². The van der Waals surface area contributed by atoms with Crippen molar-refractivity contribution in [3.8, 4) is 11.3 Å². The molecule has 2 aromatic heterocycles. The largest absolute Gasteiger partial charge is 0.302 e. The minimum absolute atomic E-state index is 0.0793.